The molecule has 3 nitrogen and oxygen atoms in total. The Morgan fingerprint density at radius 2 is 2.50 bits per heavy atom. The molecular formula is C7H7N3. The van der Waals surface area contributed by atoms with E-state index in [4.69, 9.17) is 0 Å². The van der Waals surface area contributed by atoms with E-state index in [9.17, 15) is 0 Å². The highest BCUT2D eigenvalue weighted by Crippen LogP contribution is 2.12. The van der Waals surface area contributed by atoms with Gasteiger partial charge in [0.2, 0.25) is 0 Å². The van der Waals surface area contributed by atoms with Crippen molar-refractivity contribution in [2.24, 2.45) is 4.99 Å². The minimum absolute atomic E-state index is 0.665. The number of aliphatic imine (C=N–C) groups is 1. The van der Waals surface area contributed by atoms with Crippen LogP contribution in [0.5, 0.6) is 0 Å². The normalized spacial score (nSPS) is 14.0. The predicted molar refractivity (Wildman–Crippen MR) is 40.3 cm³/mol. The Kier molecular flexibility index (Phi) is 1.13. The highest BCUT2D eigenvalue weighted by molar-refractivity contribution is 5.88. The molecule has 0 amide bonds. The lowest BCUT2D eigenvalue weighted by Gasteiger charge is -2.09. The van der Waals surface area contributed by atoms with E-state index >= 15 is 0 Å². The molecule has 1 aromatic rings. The summed E-state index contributed by atoms with van der Waals surface area (Å²) in [5.74, 6) is 0. The number of anilines is 1. The number of nitrogens with one attached hydrogen (secondary N) is 1. The van der Waals surface area contributed by atoms with Crippen molar-refractivity contribution in [3.8, 4) is 0 Å². The molecule has 0 saturated heterocycles. The summed E-state index contributed by atoms with van der Waals surface area (Å²) in [6.07, 6.45) is 5.42. The molecule has 1 aromatic heterocycles. The van der Waals surface area contributed by atoms with Crippen molar-refractivity contribution in [2.45, 2.75) is 0 Å². The van der Waals surface area contributed by atoms with Crippen LogP contribution in [0, 0.1) is 0 Å². The van der Waals surface area contributed by atoms with Crippen LogP contribution >= 0.6 is 0 Å². The second-order valence-corrected chi connectivity index (χ2v) is 2.11. The summed E-state index contributed by atoms with van der Waals surface area (Å²) < 4.78 is 0. The number of hydrogen-bond acceptors (Lipinski definition) is 3. The van der Waals surface area contributed by atoms with Crippen LogP contribution in [0.1, 0.15) is 5.56 Å². The fraction of sp³-hybridized carbons (Fsp3) is 0.143. The first kappa shape index (κ1) is 5.41. The lowest BCUT2D eigenvalue weighted by atomic mass is 10.2. The molecule has 0 radical (unpaired) electrons. The van der Waals surface area contributed by atoms with Crippen molar-refractivity contribution in [1.82, 2.24) is 4.98 Å². The van der Waals surface area contributed by atoms with Gasteiger partial charge in [0.15, 0.2) is 0 Å². The van der Waals surface area contributed by atoms with Crippen LogP contribution in [0.15, 0.2) is 23.5 Å². The monoisotopic (exact) mass is 133 g/mol. The van der Waals surface area contributed by atoms with Crippen molar-refractivity contribution < 1.29 is 0 Å². The van der Waals surface area contributed by atoms with Crippen molar-refractivity contribution >= 4 is 11.9 Å². The summed E-state index contributed by atoms with van der Waals surface area (Å²) in [7, 11) is 0. The third kappa shape index (κ3) is 0.757. The zero-order valence-corrected chi connectivity index (χ0v) is 5.41. The molecule has 0 aromatic carbocycles. The Bertz CT molecular complexity index is 267. The first-order valence-electron chi connectivity index (χ1n) is 3.14. The van der Waals surface area contributed by atoms with Gasteiger partial charge < -0.3 is 5.32 Å². The molecular weight excluding hydrogens is 126 g/mol. The first-order valence-corrected chi connectivity index (χ1v) is 3.14. The fourth-order valence-electron chi connectivity index (χ4n) is 0.940. The second-order valence-electron chi connectivity index (χ2n) is 2.11. The number of nitrogens with zero attached hydrogens (tertiary/aromatic N) is 2. The van der Waals surface area contributed by atoms with Crippen LogP contribution in [0.4, 0.5) is 5.69 Å². The van der Waals surface area contributed by atoms with Crippen molar-refractivity contribution in [3.63, 3.8) is 0 Å². The lowest BCUT2D eigenvalue weighted by molar-refractivity contribution is 1.11. The molecule has 0 saturated carbocycles. The Hall–Kier alpha value is -1.38. The molecule has 1 aliphatic heterocycles. The second kappa shape index (κ2) is 2.10. The molecule has 10 heavy (non-hydrogen) atoms. The van der Waals surface area contributed by atoms with Gasteiger partial charge in [-0.1, -0.05) is 0 Å². The SMILES string of the molecule is C1=NCNc2cnccc21. The van der Waals surface area contributed by atoms with Gasteiger partial charge in [0.05, 0.1) is 11.9 Å². The Morgan fingerprint density at radius 3 is 3.40 bits per heavy atom. The lowest BCUT2D eigenvalue weighted by Crippen LogP contribution is -2.07. The average Bonchev–Trinajstić information content (AvgIpc) is 2.05. The van der Waals surface area contributed by atoms with E-state index in [1.54, 1.807) is 12.4 Å². The van der Waals surface area contributed by atoms with Gasteiger partial charge in [-0.3, -0.25) is 9.98 Å². The van der Waals surface area contributed by atoms with E-state index in [0.29, 0.717) is 6.67 Å². The van der Waals surface area contributed by atoms with Crippen LogP contribution in [0.25, 0.3) is 0 Å². The van der Waals surface area contributed by atoms with Gasteiger partial charge in [-0.25, -0.2) is 0 Å². The molecule has 0 bridgehead atoms. The summed E-state index contributed by atoms with van der Waals surface area (Å²) >= 11 is 0. The van der Waals surface area contributed by atoms with E-state index in [-0.39, 0.29) is 0 Å². The maximum atomic E-state index is 4.05. The molecule has 0 spiro atoms. The molecule has 3 heteroatoms. The minimum atomic E-state index is 0.665. The quantitative estimate of drug-likeness (QED) is 0.570. The summed E-state index contributed by atoms with van der Waals surface area (Å²) in [4.78, 5) is 8.03. The molecule has 2 heterocycles. The van der Waals surface area contributed by atoms with Crippen LogP contribution in [0.2, 0.25) is 0 Å². The fourth-order valence-corrected chi connectivity index (χ4v) is 0.940. The molecule has 0 unspecified atom stereocenters. The Morgan fingerprint density at radius 1 is 1.50 bits per heavy atom. The molecule has 1 aliphatic rings. The first-order chi connectivity index (χ1) is 4.97. The molecule has 1 N–H and O–H groups in total. The van der Waals surface area contributed by atoms with E-state index in [1.807, 2.05) is 12.3 Å². The third-order valence-electron chi connectivity index (χ3n) is 1.45. The highest BCUT2D eigenvalue weighted by atomic mass is 15.0. The van der Waals surface area contributed by atoms with Crippen molar-refractivity contribution in [3.05, 3.63) is 24.0 Å². The van der Waals surface area contributed by atoms with E-state index in [0.717, 1.165) is 11.3 Å². The summed E-state index contributed by atoms with van der Waals surface area (Å²) in [5.41, 5.74) is 2.18. The summed E-state index contributed by atoms with van der Waals surface area (Å²) in [6.45, 7) is 0.665. The number of hydrogen-bond donors (Lipinski definition) is 1. The molecule has 50 valence electrons. The zero-order chi connectivity index (χ0) is 6.81. The summed E-state index contributed by atoms with van der Waals surface area (Å²) in [6, 6.07) is 1.94. The summed E-state index contributed by atoms with van der Waals surface area (Å²) in [5, 5.41) is 3.10. The Balaban J connectivity index is 2.54. The van der Waals surface area contributed by atoms with Gasteiger partial charge in [0.1, 0.15) is 6.67 Å². The zero-order valence-electron chi connectivity index (χ0n) is 5.41. The van der Waals surface area contributed by atoms with Crippen LogP contribution < -0.4 is 5.32 Å². The maximum absolute atomic E-state index is 4.05. The van der Waals surface area contributed by atoms with Gasteiger partial charge in [-0.05, 0) is 6.07 Å². The van der Waals surface area contributed by atoms with Crippen LogP contribution in [-0.2, 0) is 0 Å². The number of fused-ring (bicyclic) bond motifs is 1. The number of aromatic nitrogens is 1. The third-order valence-corrected chi connectivity index (χ3v) is 1.45. The average molecular weight is 133 g/mol. The number of pyridine rings is 1. The minimum Gasteiger partial charge on any atom is -0.364 e. The predicted octanol–water partition coefficient (Wildman–Crippen LogP) is 0.883. The molecule has 2 rings (SSSR count). The van der Waals surface area contributed by atoms with Gasteiger partial charge in [0.25, 0.3) is 0 Å². The molecule has 0 aliphatic carbocycles. The Labute approximate surface area is 58.8 Å². The smallest absolute Gasteiger partial charge is 0.107 e. The maximum Gasteiger partial charge on any atom is 0.107 e. The molecule has 0 fully saturated rings. The highest BCUT2D eigenvalue weighted by Gasteiger charge is 2.00. The van der Waals surface area contributed by atoms with E-state index in [1.165, 1.54) is 0 Å². The molecule has 0 atom stereocenters. The standard InChI is InChI=1S/C7H7N3/c1-2-8-4-7-6(1)3-9-5-10-7/h1-4,10H,5H2. The van der Waals surface area contributed by atoms with Crippen LogP contribution in [-0.4, -0.2) is 17.9 Å². The van der Waals surface area contributed by atoms with Crippen molar-refractivity contribution in [2.75, 3.05) is 12.0 Å². The largest absolute Gasteiger partial charge is 0.364 e. The van der Waals surface area contributed by atoms with Gasteiger partial charge >= 0.3 is 0 Å². The van der Waals surface area contributed by atoms with E-state index < -0.39 is 0 Å². The van der Waals surface area contributed by atoms with Gasteiger partial charge in [0, 0.05) is 18.0 Å². The van der Waals surface area contributed by atoms with Gasteiger partial charge in [-0.2, -0.15) is 0 Å². The number of rotatable bonds is 0. The van der Waals surface area contributed by atoms with E-state index in [2.05, 4.69) is 15.3 Å². The van der Waals surface area contributed by atoms with Gasteiger partial charge in [-0.15, -0.1) is 0 Å². The van der Waals surface area contributed by atoms with Crippen LogP contribution in [0.3, 0.4) is 0 Å². The topological polar surface area (TPSA) is 37.3 Å². The van der Waals surface area contributed by atoms with Crippen molar-refractivity contribution in [1.29, 1.82) is 0 Å².